The summed E-state index contributed by atoms with van der Waals surface area (Å²) in [5.74, 6) is 0.616. The van der Waals surface area contributed by atoms with Crippen LogP contribution in [0.15, 0.2) is 29.1 Å². The molecule has 0 bridgehead atoms. The number of thiazole rings is 1. The second kappa shape index (κ2) is 6.28. The van der Waals surface area contributed by atoms with E-state index in [0.717, 1.165) is 13.0 Å². The Morgan fingerprint density at radius 3 is 2.76 bits per heavy atom. The van der Waals surface area contributed by atoms with E-state index >= 15 is 0 Å². The van der Waals surface area contributed by atoms with Crippen LogP contribution < -0.4 is 5.32 Å². The van der Waals surface area contributed by atoms with Crippen molar-refractivity contribution in [1.29, 1.82) is 0 Å². The fraction of sp³-hybridized carbons (Fsp3) is 0.462. The van der Waals surface area contributed by atoms with Crippen LogP contribution in [0.4, 0.5) is 0 Å². The van der Waals surface area contributed by atoms with Gasteiger partial charge in [-0.2, -0.15) is 0 Å². The number of hydrogen-bond acceptors (Lipinski definition) is 4. The van der Waals surface area contributed by atoms with Gasteiger partial charge in [0.15, 0.2) is 0 Å². The first-order valence-electron chi connectivity index (χ1n) is 5.92. The minimum absolute atomic E-state index is 0.468. The Morgan fingerprint density at radius 1 is 1.29 bits per heavy atom. The van der Waals surface area contributed by atoms with E-state index in [1.807, 2.05) is 22.9 Å². The molecule has 1 N–H and O–H groups in total. The van der Waals surface area contributed by atoms with E-state index in [9.17, 15) is 0 Å². The first-order valence-corrected chi connectivity index (χ1v) is 7.68. The van der Waals surface area contributed by atoms with E-state index in [1.54, 1.807) is 11.3 Å². The van der Waals surface area contributed by atoms with E-state index < -0.39 is 0 Å². The summed E-state index contributed by atoms with van der Waals surface area (Å²) in [4.78, 5) is 5.73. The van der Waals surface area contributed by atoms with Gasteiger partial charge in [-0.25, -0.2) is 4.98 Å². The summed E-state index contributed by atoms with van der Waals surface area (Å²) in [7, 11) is 0. The van der Waals surface area contributed by atoms with Crippen molar-refractivity contribution in [1.82, 2.24) is 10.3 Å². The molecular weight excluding hydrogens is 248 g/mol. The highest BCUT2D eigenvalue weighted by Crippen LogP contribution is 2.25. The molecule has 4 heteroatoms. The third-order valence-corrected chi connectivity index (χ3v) is 4.50. The molecule has 2 aromatic rings. The van der Waals surface area contributed by atoms with Gasteiger partial charge >= 0.3 is 0 Å². The Kier molecular flexibility index (Phi) is 4.71. The van der Waals surface area contributed by atoms with Gasteiger partial charge in [0.2, 0.25) is 0 Å². The quantitative estimate of drug-likeness (QED) is 0.861. The van der Waals surface area contributed by atoms with E-state index in [1.165, 1.54) is 9.88 Å². The zero-order valence-electron chi connectivity index (χ0n) is 10.2. The monoisotopic (exact) mass is 266 g/mol. The largest absolute Gasteiger partial charge is 0.309 e. The van der Waals surface area contributed by atoms with Crippen LogP contribution in [0.5, 0.6) is 0 Å². The van der Waals surface area contributed by atoms with Crippen molar-refractivity contribution in [2.45, 2.75) is 26.3 Å². The van der Waals surface area contributed by atoms with Crippen molar-refractivity contribution in [2.75, 3.05) is 6.54 Å². The molecule has 2 heterocycles. The fourth-order valence-corrected chi connectivity index (χ4v) is 3.44. The first kappa shape index (κ1) is 12.7. The number of nitrogens with zero attached hydrogens (tertiary/aromatic N) is 1. The second-order valence-corrected chi connectivity index (χ2v) is 6.33. The van der Waals surface area contributed by atoms with Crippen LogP contribution in [0.3, 0.4) is 0 Å². The molecule has 92 valence electrons. The molecule has 2 nitrogen and oxygen atoms in total. The normalized spacial score (nSPS) is 13.1. The van der Waals surface area contributed by atoms with E-state index in [0.29, 0.717) is 12.0 Å². The number of rotatable bonds is 6. The average molecular weight is 266 g/mol. The third-order valence-electron chi connectivity index (χ3n) is 2.70. The predicted octanol–water partition coefficient (Wildman–Crippen LogP) is 3.73. The van der Waals surface area contributed by atoms with Crippen molar-refractivity contribution in [3.63, 3.8) is 0 Å². The summed E-state index contributed by atoms with van der Waals surface area (Å²) in [6.07, 6.45) is 2.89. The summed E-state index contributed by atoms with van der Waals surface area (Å²) in [6.45, 7) is 5.52. The van der Waals surface area contributed by atoms with Crippen LogP contribution in [0, 0.1) is 5.92 Å². The van der Waals surface area contributed by atoms with Gasteiger partial charge < -0.3 is 5.32 Å². The van der Waals surface area contributed by atoms with Crippen LogP contribution in [0.1, 0.15) is 29.8 Å². The Labute approximate surface area is 111 Å². The third kappa shape index (κ3) is 3.63. The highest BCUT2D eigenvalue weighted by atomic mass is 32.1. The zero-order valence-corrected chi connectivity index (χ0v) is 11.9. The predicted molar refractivity (Wildman–Crippen MR) is 75.7 cm³/mol. The lowest BCUT2D eigenvalue weighted by Gasteiger charge is -2.21. The minimum Gasteiger partial charge on any atom is -0.309 e. The molecule has 0 saturated heterocycles. The molecule has 0 aromatic carbocycles. The van der Waals surface area contributed by atoms with E-state index in [4.69, 9.17) is 0 Å². The molecule has 0 aliphatic heterocycles. The molecule has 2 rings (SSSR count). The zero-order chi connectivity index (χ0) is 12.1. The molecule has 0 radical (unpaired) electrons. The summed E-state index contributed by atoms with van der Waals surface area (Å²) < 4.78 is 0. The molecule has 17 heavy (non-hydrogen) atoms. The van der Waals surface area contributed by atoms with Gasteiger partial charge in [0.25, 0.3) is 0 Å². The lowest BCUT2D eigenvalue weighted by Crippen LogP contribution is -2.27. The highest BCUT2D eigenvalue weighted by molar-refractivity contribution is 7.10. The van der Waals surface area contributed by atoms with Crippen LogP contribution in [-0.2, 0) is 6.42 Å². The molecule has 0 spiro atoms. The van der Waals surface area contributed by atoms with Crippen molar-refractivity contribution in [3.8, 4) is 0 Å². The fourth-order valence-electron chi connectivity index (χ4n) is 1.84. The molecule has 1 unspecified atom stereocenters. The molecule has 0 saturated carbocycles. The van der Waals surface area contributed by atoms with Crippen molar-refractivity contribution < 1.29 is 0 Å². The summed E-state index contributed by atoms with van der Waals surface area (Å²) >= 11 is 3.56. The van der Waals surface area contributed by atoms with Crippen LogP contribution in [0.25, 0.3) is 0 Å². The molecule has 0 aliphatic carbocycles. The molecular formula is C13H18N2S2. The summed E-state index contributed by atoms with van der Waals surface area (Å²) in [5.41, 5.74) is 0. The Morgan fingerprint density at radius 2 is 2.18 bits per heavy atom. The molecule has 2 aromatic heterocycles. The molecule has 1 atom stereocenters. The van der Waals surface area contributed by atoms with E-state index in [-0.39, 0.29) is 0 Å². The molecule has 0 amide bonds. The number of nitrogens with one attached hydrogen (secondary N) is 1. The summed E-state index contributed by atoms with van der Waals surface area (Å²) in [5, 5.41) is 9.03. The maximum Gasteiger partial charge on any atom is 0.0937 e. The second-order valence-electron chi connectivity index (χ2n) is 4.37. The maximum absolute atomic E-state index is 4.30. The number of hydrogen-bond donors (Lipinski definition) is 1. The highest BCUT2D eigenvalue weighted by Gasteiger charge is 2.15. The van der Waals surface area contributed by atoms with Gasteiger partial charge in [-0.05, 0) is 17.4 Å². The van der Waals surface area contributed by atoms with Crippen molar-refractivity contribution >= 4 is 22.7 Å². The Bertz CT molecular complexity index is 407. The van der Waals surface area contributed by atoms with Crippen LogP contribution in [-0.4, -0.2) is 11.5 Å². The molecule has 0 fully saturated rings. The van der Waals surface area contributed by atoms with Gasteiger partial charge in [-0.3, -0.25) is 0 Å². The Hall–Kier alpha value is -0.710. The first-order chi connectivity index (χ1) is 8.27. The van der Waals surface area contributed by atoms with E-state index in [2.05, 4.69) is 41.7 Å². The van der Waals surface area contributed by atoms with Crippen molar-refractivity contribution in [2.24, 2.45) is 5.92 Å². The van der Waals surface area contributed by atoms with Gasteiger partial charge in [-0.1, -0.05) is 19.9 Å². The number of aromatic nitrogens is 1. The topological polar surface area (TPSA) is 24.9 Å². The van der Waals surface area contributed by atoms with Gasteiger partial charge in [-0.15, -0.1) is 22.7 Å². The minimum atomic E-state index is 0.468. The SMILES string of the molecule is CC(C)C(NCCc1nccs1)c1cccs1. The smallest absolute Gasteiger partial charge is 0.0937 e. The van der Waals surface area contributed by atoms with Gasteiger partial charge in [0, 0.05) is 35.5 Å². The lowest BCUT2D eigenvalue weighted by atomic mass is 10.0. The summed E-state index contributed by atoms with van der Waals surface area (Å²) in [6, 6.07) is 4.80. The van der Waals surface area contributed by atoms with Crippen LogP contribution in [0.2, 0.25) is 0 Å². The standard InChI is InChI=1S/C13H18N2S2/c1-10(2)13(11-4-3-8-16-11)15-6-5-12-14-7-9-17-12/h3-4,7-10,13,15H,5-6H2,1-2H3. The van der Waals surface area contributed by atoms with Crippen molar-refractivity contribution in [3.05, 3.63) is 39.0 Å². The van der Waals surface area contributed by atoms with Gasteiger partial charge in [0.1, 0.15) is 0 Å². The lowest BCUT2D eigenvalue weighted by molar-refractivity contribution is 0.420. The number of thiophene rings is 1. The van der Waals surface area contributed by atoms with Crippen LogP contribution >= 0.6 is 22.7 Å². The average Bonchev–Trinajstić information content (AvgIpc) is 2.96. The molecule has 0 aliphatic rings. The maximum atomic E-state index is 4.30. The van der Waals surface area contributed by atoms with Gasteiger partial charge in [0.05, 0.1) is 5.01 Å². The Balaban J connectivity index is 1.86.